The molecule has 1 saturated heterocycles. The molecule has 1 fully saturated rings. The van der Waals surface area contributed by atoms with Crippen LogP contribution in [0.25, 0.3) is 0 Å². The summed E-state index contributed by atoms with van der Waals surface area (Å²) in [5.74, 6) is -0.732. The lowest BCUT2D eigenvalue weighted by atomic mass is 10.1. The van der Waals surface area contributed by atoms with E-state index in [-0.39, 0.29) is 50.6 Å². The van der Waals surface area contributed by atoms with E-state index in [0.717, 1.165) is 16.4 Å². The summed E-state index contributed by atoms with van der Waals surface area (Å²) in [5, 5.41) is 2.57. The van der Waals surface area contributed by atoms with Gasteiger partial charge < -0.3 is 14.8 Å². The van der Waals surface area contributed by atoms with Crippen molar-refractivity contribution < 1.29 is 31.9 Å². The minimum atomic E-state index is -4.04. The monoisotopic (exact) mass is 464 g/mol. The second kappa shape index (κ2) is 10.7. The first kappa shape index (κ1) is 23.8. The van der Waals surface area contributed by atoms with E-state index in [1.54, 1.807) is 24.3 Å². The highest BCUT2D eigenvalue weighted by Gasteiger charge is 2.29. The number of ether oxygens (including phenoxy) is 2. The molecule has 0 aromatic heterocycles. The minimum absolute atomic E-state index is 0.0603. The summed E-state index contributed by atoms with van der Waals surface area (Å²) in [6.45, 7) is 0.764. The zero-order valence-electron chi connectivity index (χ0n) is 17.7. The number of anilines is 1. The fourth-order valence-corrected chi connectivity index (χ4v) is 4.76. The summed E-state index contributed by atoms with van der Waals surface area (Å²) < 4.78 is 51.1. The van der Waals surface area contributed by atoms with Crippen LogP contribution in [0, 0.1) is 5.82 Å². The van der Waals surface area contributed by atoms with Crippen LogP contribution in [0.2, 0.25) is 0 Å². The van der Waals surface area contributed by atoms with Gasteiger partial charge in [-0.05, 0) is 48.9 Å². The Morgan fingerprint density at radius 1 is 1.09 bits per heavy atom. The van der Waals surface area contributed by atoms with E-state index in [1.165, 1.54) is 13.2 Å². The van der Waals surface area contributed by atoms with Crippen molar-refractivity contribution in [3.63, 3.8) is 0 Å². The van der Waals surface area contributed by atoms with Crippen molar-refractivity contribution in [2.75, 3.05) is 38.7 Å². The van der Waals surface area contributed by atoms with Gasteiger partial charge in [-0.3, -0.25) is 9.59 Å². The predicted octanol–water partition coefficient (Wildman–Crippen LogP) is 2.85. The number of nitrogens with one attached hydrogen (secondary N) is 1. The highest BCUT2D eigenvalue weighted by atomic mass is 32.2. The molecule has 2 aromatic carbocycles. The molecule has 8 nitrogen and oxygen atoms in total. The number of hydrogen-bond acceptors (Lipinski definition) is 6. The van der Waals surface area contributed by atoms with Crippen molar-refractivity contribution in [1.29, 1.82) is 0 Å². The molecule has 0 bridgehead atoms. The number of nitrogens with zero attached hydrogens (tertiary/aromatic N) is 1. The first-order valence-corrected chi connectivity index (χ1v) is 11.6. The standard InChI is InChI=1S/C22H25FN2O6S/c1-30-18-8-5-16(6-9-18)20(26)3-2-4-22(27)24-17-7-10-19(23)21(15-17)32(28,29)25-11-13-31-14-12-25/h5-10,15H,2-4,11-14H2,1H3,(H,24,27). The highest BCUT2D eigenvalue weighted by Crippen LogP contribution is 2.24. The maximum atomic E-state index is 14.3. The molecule has 2 aromatic rings. The number of carbonyl (C=O) groups is 2. The molecular formula is C22H25FN2O6S. The number of halogens is 1. The Hall–Kier alpha value is -2.82. The number of morpholine rings is 1. The van der Waals surface area contributed by atoms with E-state index in [4.69, 9.17) is 9.47 Å². The van der Waals surface area contributed by atoms with E-state index in [9.17, 15) is 22.4 Å². The molecule has 1 aliphatic heterocycles. The number of benzene rings is 2. The van der Waals surface area contributed by atoms with E-state index in [1.807, 2.05) is 0 Å². The molecule has 32 heavy (non-hydrogen) atoms. The Kier molecular flexibility index (Phi) is 7.94. The van der Waals surface area contributed by atoms with Crippen molar-refractivity contribution >= 4 is 27.4 Å². The predicted molar refractivity (Wildman–Crippen MR) is 116 cm³/mol. The average molecular weight is 465 g/mol. The van der Waals surface area contributed by atoms with E-state index in [0.29, 0.717) is 17.7 Å². The van der Waals surface area contributed by atoms with E-state index >= 15 is 0 Å². The fraction of sp³-hybridized carbons (Fsp3) is 0.364. The second-order valence-corrected chi connectivity index (χ2v) is 9.12. The molecule has 1 N–H and O–H groups in total. The lowest BCUT2D eigenvalue weighted by molar-refractivity contribution is -0.116. The van der Waals surface area contributed by atoms with Gasteiger partial charge in [0.2, 0.25) is 15.9 Å². The van der Waals surface area contributed by atoms with E-state index < -0.39 is 26.6 Å². The van der Waals surface area contributed by atoms with Crippen molar-refractivity contribution in [1.82, 2.24) is 4.31 Å². The Morgan fingerprint density at radius 3 is 2.44 bits per heavy atom. The normalized spacial score (nSPS) is 14.7. The molecular weight excluding hydrogens is 439 g/mol. The summed E-state index contributed by atoms with van der Waals surface area (Å²) >= 11 is 0. The van der Waals surface area contributed by atoms with Crippen molar-refractivity contribution in [3.8, 4) is 5.75 Å². The van der Waals surface area contributed by atoms with Crippen LogP contribution < -0.4 is 10.1 Å². The highest BCUT2D eigenvalue weighted by molar-refractivity contribution is 7.89. The van der Waals surface area contributed by atoms with Gasteiger partial charge in [0.1, 0.15) is 16.5 Å². The van der Waals surface area contributed by atoms with Gasteiger partial charge in [-0.25, -0.2) is 12.8 Å². The first-order valence-electron chi connectivity index (χ1n) is 10.2. The number of carbonyl (C=O) groups excluding carboxylic acids is 2. The summed E-state index contributed by atoms with van der Waals surface area (Å²) in [6.07, 6.45) is 0.557. The maximum Gasteiger partial charge on any atom is 0.246 e. The van der Waals surface area contributed by atoms with Crippen LogP contribution in [0.4, 0.5) is 10.1 Å². The largest absolute Gasteiger partial charge is 0.497 e. The topological polar surface area (TPSA) is 102 Å². The van der Waals surface area contributed by atoms with Crippen LogP contribution in [0.1, 0.15) is 29.6 Å². The van der Waals surface area contributed by atoms with Crippen molar-refractivity contribution in [3.05, 3.63) is 53.8 Å². The number of ketones is 1. The van der Waals surface area contributed by atoms with Crippen LogP contribution in [0.15, 0.2) is 47.4 Å². The zero-order chi connectivity index (χ0) is 23.1. The van der Waals surface area contributed by atoms with Gasteiger partial charge in [0.25, 0.3) is 0 Å². The Bertz CT molecular complexity index is 1070. The van der Waals surface area contributed by atoms with E-state index in [2.05, 4.69) is 5.32 Å². The van der Waals surface area contributed by atoms with Gasteiger partial charge in [-0.15, -0.1) is 0 Å². The zero-order valence-corrected chi connectivity index (χ0v) is 18.5. The number of rotatable bonds is 9. The van der Waals surface area contributed by atoms with Crippen LogP contribution in [0.3, 0.4) is 0 Å². The van der Waals surface area contributed by atoms with Crippen molar-refractivity contribution in [2.45, 2.75) is 24.2 Å². The molecule has 0 spiro atoms. The molecule has 0 atom stereocenters. The average Bonchev–Trinajstić information content (AvgIpc) is 2.80. The quantitative estimate of drug-likeness (QED) is 0.573. The smallest absolute Gasteiger partial charge is 0.246 e. The summed E-state index contributed by atoms with van der Waals surface area (Å²) in [5.41, 5.74) is 0.701. The molecule has 3 rings (SSSR count). The fourth-order valence-electron chi connectivity index (χ4n) is 3.26. The third-order valence-corrected chi connectivity index (χ3v) is 6.94. The summed E-state index contributed by atoms with van der Waals surface area (Å²) in [7, 11) is -2.50. The number of sulfonamides is 1. The van der Waals surface area contributed by atoms with Gasteiger partial charge in [0.15, 0.2) is 5.78 Å². The third-order valence-electron chi connectivity index (χ3n) is 5.02. The Balaban J connectivity index is 1.56. The van der Waals surface area contributed by atoms with Gasteiger partial charge in [-0.1, -0.05) is 0 Å². The third kappa shape index (κ3) is 5.90. The maximum absolute atomic E-state index is 14.3. The van der Waals surface area contributed by atoms with Crippen LogP contribution in [-0.2, 0) is 19.6 Å². The number of Topliss-reactive ketones (excluding diaryl/α,β-unsaturated/α-hetero) is 1. The lowest BCUT2D eigenvalue weighted by Gasteiger charge is -2.26. The van der Waals surface area contributed by atoms with Crippen LogP contribution in [0.5, 0.6) is 5.75 Å². The van der Waals surface area contributed by atoms with Gasteiger partial charge in [-0.2, -0.15) is 4.31 Å². The van der Waals surface area contributed by atoms with Crippen LogP contribution in [-0.4, -0.2) is 57.8 Å². The number of methoxy groups -OCH3 is 1. The first-order chi connectivity index (χ1) is 15.3. The molecule has 1 aliphatic rings. The molecule has 0 radical (unpaired) electrons. The molecule has 0 aliphatic carbocycles. The number of hydrogen-bond donors (Lipinski definition) is 1. The molecule has 172 valence electrons. The molecule has 1 heterocycles. The summed E-state index contributed by atoms with van der Waals surface area (Å²) in [4.78, 5) is 24.0. The Morgan fingerprint density at radius 2 is 1.78 bits per heavy atom. The lowest BCUT2D eigenvalue weighted by Crippen LogP contribution is -2.40. The summed E-state index contributed by atoms with van der Waals surface area (Å²) in [6, 6.07) is 10.1. The molecule has 1 amide bonds. The van der Waals surface area contributed by atoms with Gasteiger partial charge in [0.05, 0.1) is 20.3 Å². The minimum Gasteiger partial charge on any atom is -0.497 e. The molecule has 10 heteroatoms. The Labute approximate surface area is 186 Å². The van der Waals surface area contributed by atoms with Crippen molar-refractivity contribution in [2.24, 2.45) is 0 Å². The van der Waals surface area contributed by atoms with Gasteiger partial charge in [0, 0.05) is 37.2 Å². The molecule has 0 saturated carbocycles. The number of amides is 1. The second-order valence-electron chi connectivity index (χ2n) is 7.22. The van der Waals surface area contributed by atoms with Gasteiger partial charge >= 0.3 is 0 Å². The van der Waals surface area contributed by atoms with Crippen LogP contribution >= 0.6 is 0 Å². The molecule has 0 unspecified atom stereocenters. The SMILES string of the molecule is COc1ccc(C(=O)CCCC(=O)Nc2ccc(F)c(S(=O)(=O)N3CCOCC3)c2)cc1.